The largest absolute Gasteiger partial charge is 0.492 e. The molecule has 1 N–H and O–H groups in total. The second kappa shape index (κ2) is 10.8. The van der Waals surface area contributed by atoms with Crippen LogP contribution in [0.1, 0.15) is 31.0 Å². The summed E-state index contributed by atoms with van der Waals surface area (Å²) in [7, 11) is 0. The molecule has 1 aliphatic rings. The summed E-state index contributed by atoms with van der Waals surface area (Å²) in [5.74, 6) is 0.596. The summed E-state index contributed by atoms with van der Waals surface area (Å²) in [5.41, 5.74) is 4.53. The molecule has 0 amide bonds. The number of anilines is 1. The lowest BCUT2D eigenvalue weighted by atomic mass is 10.2. The van der Waals surface area contributed by atoms with Gasteiger partial charge in [-0.25, -0.2) is 4.98 Å². The van der Waals surface area contributed by atoms with Crippen LogP contribution in [0.2, 0.25) is 0 Å². The molecule has 0 radical (unpaired) electrons. The van der Waals surface area contributed by atoms with Crippen LogP contribution in [0, 0.1) is 0 Å². The van der Waals surface area contributed by atoms with Crippen molar-refractivity contribution < 1.29 is 14.3 Å². The van der Waals surface area contributed by atoms with E-state index in [1.54, 1.807) is 13.1 Å². The fraction of sp³-hybridized carbons (Fsp3) is 0.450. The highest BCUT2D eigenvalue weighted by molar-refractivity contribution is 7.13. The van der Waals surface area contributed by atoms with Crippen LogP contribution in [-0.4, -0.2) is 54.9 Å². The Morgan fingerprint density at radius 1 is 1.32 bits per heavy atom. The summed E-state index contributed by atoms with van der Waals surface area (Å²) in [6, 6.07) is 7.83. The zero-order chi connectivity index (χ0) is 19.6. The van der Waals surface area contributed by atoms with Crippen LogP contribution in [0.15, 0.2) is 34.7 Å². The van der Waals surface area contributed by atoms with Gasteiger partial charge >= 0.3 is 5.97 Å². The van der Waals surface area contributed by atoms with Crippen LogP contribution in [0.3, 0.4) is 0 Å². The smallest absolute Gasteiger partial charge is 0.311 e. The number of nitrogens with zero attached hydrogens (tertiary/aromatic N) is 3. The predicted molar refractivity (Wildman–Crippen MR) is 111 cm³/mol. The Morgan fingerprint density at radius 2 is 2.11 bits per heavy atom. The van der Waals surface area contributed by atoms with E-state index in [9.17, 15) is 4.79 Å². The molecule has 0 unspecified atom stereocenters. The van der Waals surface area contributed by atoms with Crippen LogP contribution < -0.4 is 10.2 Å². The van der Waals surface area contributed by atoms with Crippen molar-refractivity contribution in [1.29, 1.82) is 0 Å². The highest BCUT2D eigenvalue weighted by atomic mass is 32.1. The number of carbonyl (C=O) groups is 1. The molecule has 1 aliphatic heterocycles. The average molecular weight is 403 g/mol. The Hall–Kier alpha value is -2.45. The summed E-state index contributed by atoms with van der Waals surface area (Å²) in [6.07, 6.45) is 4.50. The molecular formula is C20H26N4O3S. The molecule has 1 fully saturated rings. The van der Waals surface area contributed by atoms with E-state index < -0.39 is 0 Å². The summed E-state index contributed by atoms with van der Waals surface area (Å²) in [6.45, 7) is 6.24. The van der Waals surface area contributed by atoms with E-state index in [4.69, 9.17) is 9.47 Å². The number of aromatic nitrogens is 1. The number of benzene rings is 1. The van der Waals surface area contributed by atoms with Gasteiger partial charge in [0.25, 0.3) is 0 Å². The molecular weight excluding hydrogens is 376 g/mol. The van der Waals surface area contributed by atoms with Crippen LogP contribution in [0.5, 0.6) is 5.75 Å². The van der Waals surface area contributed by atoms with E-state index in [0.29, 0.717) is 24.0 Å². The topological polar surface area (TPSA) is 76.1 Å². The highest BCUT2D eigenvalue weighted by Gasteiger charge is 2.10. The van der Waals surface area contributed by atoms with Crippen molar-refractivity contribution in [3.05, 3.63) is 40.9 Å². The third-order valence-electron chi connectivity index (χ3n) is 4.31. The lowest BCUT2D eigenvalue weighted by Crippen LogP contribution is -2.25. The number of ether oxygens (including phenoxy) is 2. The van der Waals surface area contributed by atoms with Crippen molar-refractivity contribution in [2.75, 3.05) is 38.3 Å². The minimum Gasteiger partial charge on any atom is -0.492 e. The van der Waals surface area contributed by atoms with Gasteiger partial charge < -0.3 is 9.47 Å². The van der Waals surface area contributed by atoms with Gasteiger partial charge in [0.2, 0.25) is 5.13 Å². The summed E-state index contributed by atoms with van der Waals surface area (Å²) in [5, 5.41) is 6.65. The van der Waals surface area contributed by atoms with Gasteiger partial charge in [-0.1, -0.05) is 0 Å². The third kappa shape index (κ3) is 6.61. The van der Waals surface area contributed by atoms with E-state index in [1.165, 1.54) is 37.3 Å². The molecule has 8 heteroatoms. The first-order valence-electron chi connectivity index (χ1n) is 9.57. The van der Waals surface area contributed by atoms with Crippen molar-refractivity contribution in [1.82, 2.24) is 9.88 Å². The number of esters is 1. The summed E-state index contributed by atoms with van der Waals surface area (Å²) in [4.78, 5) is 18.2. The average Bonchev–Trinajstić information content (AvgIpc) is 3.35. The maximum absolute atomic E-state index is 11.5. The quantitative estimate of drug-likeness (QED) is 0.374. The maximum Gasteiger partial charge on any atom is 0.311 e. The number of nitrogens with one attached hydrogen (secondary N) is 1. The first-order chi connectivity index (χ1) is 13.7. The van der Waals surface area contributed by atoms with Crippen molar-refractivity contribution in [2.45, 2.75) is 26.2 Å². The molecule has 3 rings (SSSR count). The number of hydrogen-bond donors (Lipinski definition) is 1. The SMILES string of the molecule is CCOC(=O)Cc1csc(NN=Cc2ccc(OCCN3CCCC3)cc2)n1. The number of hydrazone groups is 1. The molecule has 1 aromatic heterocycles. The van der Waals surface area contributed by atoms with Crippen LogP contribution in [-0.2, 0) is 16.0 Å². The third-order valence-corrected chi connectivity index (χ3v) is 5.11. The molecule has 0 spiro atoms. The molecule has 1 aromatic carbocycles. The number of hydrogen-bond acceptors (Lipinski definition) is 8. The number of thiazole rings is 1. The molecule has 0 saturated carbocycles. The highest BCUT2D eigenvalue weighted by Crippen LogP contribution is 2.16. The molecule has 2 aromatic rings. The van der Waals surface area contributed by atoms with Gasteiger partial charge in [0.15, 0.2) is 0 Å². The number of likely N-dealkylation sites (tertiary alicyclic amines) is 1. The molecule has 1 saturated heterocycles. The van der Waals surface area contributed by atoms with E-state index in [0.717, 1.165) is 17.9 Å². The van der Waals surface area contributed by atoms with E-state index in [2.05, 4.69) is 20.4 Å². The van der Waals surface area contributed by atoms with Crippen molar-refractivity contribution in [2.24, 2.45) is 5.10 Å². The first-order valence-corrected chi connectivity index (χ1v) is 10.4. The lowest BCUT2D eigenvalue weighted by molar-refractivity contribution is -0.142. The molecule has 7 nitrogen and oxygen atoms in total. The van der Waals surface area contributed by atoms with E-state index in [1.807, 2.05) is 29.6 Å². The zero-order valence-electron chi connectivity index (χ0n) is 16.1. The van der Waals surface area contributed by atoms with E-state index >= 15 is 0 Å². The van der Waals surface area contributed by atoms with Gasteiger partial charge in [-0.15, -0.1) is 11.3 Å². The van der Waals surface area contributed by atoms with Crippen LogP contribution in [0.4, 0.5) is 5.13 Å². The van der Waals surface area contributed by atoms with Crippen molar-refractivity contribution >= 4 is 28.7 Å². The number of carbonyl (C=O) groups excluding carboxylic acids is 1. The molecule has 0 atom stereocenters. The molecule has 0 aliphatic carbocycles. The molecule has 150 valence electrons. The van der Waals surface area contributed by atoms with Gasteiger partial charge in [0, 0.05) is 11.9 Å². The number of rotatable bonds is 10. The Kier molecular flexibility index (Phi) is 7.81. The predicted octanol–water partition coefficient (Wildman–Crippen LogP) is 3.17. The zero-order valence-corrected chi connectivity index (χ0v) is 16.9. The van der Waals surface area contributed by atoms with Crippen molar-refractivity contribution in [3.63, 3.8) is 0 Å². The van der Waals surface area contributed by atoms with Crippen molar-refractivity contribution in [3.8, 4) is 5.75 Å². The fourth-order valence-electron chi connectivity index (χ4n) is 2.91. The summed E-state index contributed by atoms with van der Waals surface area (Å²) < 4.78 is 10.7. The monoisotopic (exact) mass is 402 g/mol. The van der Waals surface area contributed by atoms with Crippen LogP contribution in [0.25, 0.3) is 0 Å². The minimum atomic E-state index is -0.273. The lowest BCUT2D eigenvalue weighted by Gasteiger charge is -2.14. The van der Waals surface area contributed by atoms with Gasteiger partial charge in [0.1, 0.15) is 12.4 Å². The standard InChI is InChI=1S/C20H26N4O3S/c1-2-26-19(25)13-17-15-28-20(22-17)23-21-14-16-5-7-18(8-6-16)27-12-11-24-9-3-4-10-24/h5-8,14-15H,2-4,9-13H2,1H3,(H,22,23). The van der Waals surface area contributed by atoms with Gasteiger partial charge in [-0.05, 0) is 62.7 Å². The fourth-order valence-corrected chi connectivity index (χ4v) is 3.57. The molecule has 0 bridgehead atoms. The van der Waals surface area contributed by atoms with E-state index in [-0.39, 0.29) is 12.4 Å². The summed E-state index contributed by atoms with van der Waals surface area (Å²) >= 11 is 1.40. The molecule has 2 heterocycles. The van der Waals surface area contributed by atoms with Gasteiger partial charge in [0.05, 0.1) is 24.9 Å². The Balaban J connectivity index is 1.40. The Labute approximate surface area is 169 Å². The van der Waals surface area contributed by atoms with Gasteiger partial charge in [-0.3, -0.25) is 15.1 Å². The minimum absolute atomic E-state index is 0.176. The normalized spacial score (nSPS) is 14.5. The Bertz CT molecular complexity index is 770. The maximum atomic E-state index is 11.5. The van der Waals surface area contributed by atoms with Gasteiger partial charge in [-0.2, -0.15) is 5.10 Å². The second-order valence-corrected chi connectivity index (χ2v) is 7.32. The second-order valence-electron chi connectivity index (χ2n) is 6.46. The van der Waals surface area contributed by atoms with Crippen LogP contribution >= 0.6 is 11.3 Å². The Morgan fingerprint density at radius 3 is 2.86 bits per heavy atom. The first kappa shape index (κ1) is 20.3. The molecule has 28 heavy (non-hydrogen) atoms.